The first-order valence-electron chi connectivity index (χ1n) is 7.01. The van der Waals surface area contributed by atoms with Crippen LogP contribution in [0, 0.1) is 6.92 Å². The van der Waals surface area contributed by atoms with E-state index in [-0.39, 0.29) is 12.5 Å². The molecule has 0 saturated carbocycles. The number of hydrogen-bond acceptors (Lipinski definition) is 6. The largest absolute Gasteiger partial charge is 0.325 e. The van der Waals surface area contributed by atoms with Crippen LogP contribution in [0.2, 0.25) is 0 Å². The van der Waals surface area contributed by atoms with Gasteiger partial charge >= 0.3 is 0 Å². The van der Waals surface area contributed by atoms with Gasteiger partial charge in [-0.25, -0.2) is 9.67 Å². The minimum Gasteiger partial charge on any atom is -0.325 e. The molecule has 0 aliphatic rings. The molecule has 1 aromatic carbocycles. The molecule has 3 aromatic rings. The molecule has 0 fully saturated rings. The summed E-state index contributed by atoms with van der Waals surface area (Å²) in [5.41, 5.74) is 9.05. The molecule has 8 heteroatoms. The third-order valence-electron chi connectivity index (χ3n) is 3.29. The zero-order chi connectivity index (χ0) is 16.4. The number of nitrogens with zero attached hydrogens (tertiary/aromatic N) is 4. The fraction of sp³-hybridized carbons (Fsp3) is 0.200. The quantitative estimate of drug-likeness (QED) is 0.763. The van der Waals surface area contributed by atoms with Crippen molar-refractivity contribution in [1.29, 1.82) is 0 Å². The van der Waals surface area contributed by atoms with E-state index in [0.29, 0.717) is 17.1 Å². The van der Waals surface area contributed by atoms with Crippen LogP contribution in [-0.2, 0) is 13.6 Å². The van der Waals surface area contributed by atoms with Gasteiger partial charge in [-0.05, 0) is 19.1 Å². The van der Waals surface area contributed by atoms with E-state index in [1.54, 1.807) is 18.4 Å². The van der Waals surface area contributed by atoms with Crippen LogP contribution in [0.25, 0.3) is 10.6 Å². The summed E-state index contributed by atoms with van der Waals surface area (Å²) in [6.45, 7) is 2.12. The lowest BCUT2D eigenvalue weighted by Crippen LogP contribution is -2.19. The number of rotatable bonds is 4. The zero-order valence-corrected chi connectivity index (χ0v) is 13.6. The second-order valence-electron chi connectivity index (χ2n) is 5.04. The molecular weight excluding hydrogens is 312 g/mol. The van der Waals surface area contributed by atoms with Crippen molar-refractivity contribution < 1.29 is 4.79 Å². The maximum Gasteiger partial charge on any atom is 0.275 e. The fourth-order valence-electron chi connectivity index (χ4n) is 2.22. The van der Waals surface area contributed by atoms with E-state index >= 15 is 0 Å². The summed E-state index contributed by atoms with van der Waals surface area (Å²) in [4.78, 5) is 16.9. The summed E-state index contributed by atoms with van der Waals surface area (Å²) in [6, 6.07) is 7.56. The van der Waals surface area contributed by atoms with Crippen molar-refractivity contribution in [3.63, 3.8) is 0 Å². The van der Waals surface area contributed by atoms with Crippen molar-refractivity contribution >= 4 is 22.9 Å². The highest BCUT2D eigenvalue weighted by atomic mass is 32.1. The van der Waals surface area contributed by atoms with Gasteiger partial charge in [-0.1, -0.05) is 17.3 Å². The number of amides is 1. The van der Waals surface area contributed by atoms with Crippen molar-refractivity contribution in [2.75, 3.05) is 5.32 Å². The number of thiazole rings is 1. The lowest BCUT2D eigenvalue weighted by molar-refractivity contribution is 0.101. The van der Waals surface area contributed by atoms with Crippen LogP contribution in [0.15, 0.2) is 29.6 Å². The number of anilines is 1. The molecular formula is C15H16N6OS. The molecule has 0 bridgehead atoms. The predicted molar refractivity (Wildman–Crippen MR) is 89.1 cm³/mol. The molecule has 0 aliphatic carbocycles. The Kier molecular flexibility index (Phi) is 4.18. The monoisotopic (exact) mass is 328 g/mol. The molecule has 0 spiro atoms. The van der Waals surface area contributed by atoms with Crippen molar-refractivity contribution in [3.8, 4) is 10.6 Å². The number of nitrogens with one attached hydrogen (secondary N) is 1. The summed E-state index contributed by atoms with van der Waals surface area (Å²) in [5.74, 6) is -0.287. The van der Waals surface area contributed by atoms with Gasteiger partial charge in [-0.15, -0.1) is 16.4 Å². The summed E-state index contributed by atoms with van der Waals surface area (Å²) < 4.78 is 1.42. The Morgan fingerprint density at radius 1 is 1.43 bits per heavy atom. The number of aromatic nitrogens is 4. The zero-order valence-electron chi connectivity index (χ0n) is 12.8. The normalized spacial score (nSPS) is 10.7. The topological polar surface area (TPSA) is 98.7 Å². The van der Waals surface area contributed by atoms with Crippen LogP contribution in [0.4, 0.5) is 5.69 Å². The summed E-state index contributed by atoms with van der Waals surface area (Å²) >= 11 is 1.57. The molecule has 1 amide bonds. The van der Waals surface area contributed by atoms with E-state index in [1.165, 1.54) is 4.68 Å². The van der Waals surface area contributed by atoms with Gasteiger partial charge in [0.25, 0.3) is 5.91 Å². The third kappa shape index (κ3) is 3.13. The van der Waals surface area contributed by atoms with Gasteiger partial charge < -0.3 is 11.1 Å². The molecule has 2 heterocycles. The minimum absolute atomic E-state index is 0.162. The SMILES string of the molecule is Cc1csc(-c2cccc(NC(=O)c3c(CN)nnn3C)c2)n1. The van der Waals surface area contributed by atoms with Crippen LogP contribution in [0.5, 0.6) is 0 Å². The Morgan fingerprint density at radius 2 is 2.26 bits per heavy atom. The van der Waals surface area contributed by atoms with Crippen LogP contribution >= 0.6 is 11.3 Å². The number of benzene rings is 1. The second kappa shape index (κ2) is 6.27. The Labute approximate surface area is 137 Å². The van der Waals surface area contributed by atoms with Gasteiger partial charge in [0.05, 0.1) is 0 Å². The second-order valence-corrected chi connectivity index (χ2v) is 5.90. The first-order valence-corrected chi connectivity index (χ1v) is 7.89. The lowest BCUT2D eigenvalue weighted by atomic mass is 10.2. The van der Waals surface area contributed by atoms with Crippen LogP contribution in [0.3, 0.4) is 0 Å². The van der Waals surface area contributed by atoms with E-state index in [2.05, 4.69) is 20.6 Å². The standard InChI is InChI=1S/C15H16N6OS/c1-9-8-23-15(17-9)10-4-3-5-11(6-10)18-14(22)13-12(7-16)19-20-21(13)2/h3-6,8H,7,16H2,1-2H3,(H,18,22). The summed E-state index contributed by atoms with van der Waals surface area (Å²) in [6.07, 6.45) is 0. The van der Waals surface area contributed by atoms with Crippen LogP contribution in [-0.4, -0.2) is 25.9 Å². The first-order chi connectivity index (χ1) is 11.1. The van der Waals surface area contributed by atoms with Gasteiger partial charge in [0.15, 0.2) is 5.69 Å². The number of carbonyl (C=O) groups excluding carboxylic acids is 1. The highest BCUT2D eigenvalue weighted by Crippen LogP contribution is 2.26. The Bertz CT molecular complexity index is 853. The molecule has 0 atom stereocenters. The highest BCUT2D eigenvalue weighted by molar-refractivity contribution is 7.13. The Morgan fingerprint density at radius 3 is 2.96 bits per heavy atom. The first kappa shape index (κ1) is 15.3. The van der Waals surface area contributed by atoms with E-state index < -0.39 is 0 Å². The van der Waals surface area contributed by atoms with Crippen molar-refractivity contribution in [3.05, 3.63) is 46.7 Å². The van der Waals surface area contributed by atoms with E-state index in [1.807, 2.05) is 36.6 Å². The molecule has 3 N–H and O–H groups in total. The molecule has 2 aromatic heterocycles. The molecule has 23 heavy (non-hydrogen) atoms. The number of aryl methyl sites for hydroxylation is 2. The number of carbonyl (C=O) groups is 1. The number of hydrogen-bond donors (Lipinski definition) is 2. The van der Waals surface area contributed by atoms with Gasteiger partial charge in [0, 0.05) is 35.9 Å². The average molecular weight is 328 g/mol. The number of nitrogens with two attached hydrogens (primary N) is 1. The highest BCUT2D eigenvalue weighted by Gasteiger charge is 2.18. The Hall–Kier alpha value is -2.58. The molecule has 0 saturated heterocycles. The predicted octanol–water partition coefficient (Wildman–Crippen LogP) is 1.96. The van der Waals surface area contributed by atoms with Gasteiger partial charge in [0.1, 0.15) is 10.7 Å². The lowest BCUT2D eigenvalue weighted by Gasteiger charge is -2.07. The molecule has 0 unspecified atom stereocenters. The van der Waals surface area contributed by atoms with Crippen LogP contribution in [0.1, 0.15) is 21.9 Å². The third-order valence-corrected chi connectivity index (χ3v) is 4.30. The van der Waals surface area contributed by atoms with Gasteiger partial charge in [-0.3, -0.25) is 4.79 Å². The maximum atomic E-state index is 12.4. The fourth-order valence-corrected chi connectivity index (χ4v) is 3.02. The molecule has 7 nitrogen and oxygen atoms in total. The molecule has 0 radical (unpaired) electrons. The van der Waals surface area contributed by atoms with E-state index in [4.69, 9.17) is 5.73 Å². The maximum absolute atomic E-state index is 12.4. The molecule has 118 valence electrons. The molecule has 0 aliphatic heterocycles. The Balaban J connectivity index is 1.86. The summed E-state index contributed by atoms with van der Waals surface area (Å²) in [7, 11) is 1.66. The molecule has 3 rings (SSSR count). The van der Waals surface area contributed by atoms with Gasteiger partial charge in [0.2, 0.25) is 0 Å². The summed E-state index contributed by atoms with van der Waals surface area (Å²) in [5, 5.41) is 13.5. The van der Waals surface area contributed by atoms with E-state index in [0.717, 1.165) is 16.3 Å². The van der Waals surface area contributed by atoms with Crippen molar-refractivity contribution in [1.82, 2.24) is 20.0 Å². The average Bonchev–Trinajstić information content (AvgIpc) is 3.13. The smallest absolute Gasteiger partial charge is 0.275 e. The van der Waals surface area contributed by atoms with Crippen molar-refractivity contribution in [2.24, 2.45) is 12.8 Å². The van der Waals surface area contributed by atoms with Crippen LogP contribution < -0.4 is 11.1 Å². The van der Waals surface area contributed by atoms with Crippen molar-refractivity contribution in [2.45, 2.75) is 13.5 Å². The minimum atomic E-state index is -0.287. The van der Waals surface area contributed by atoms with E-state index in [9.17, 15) is 4.79 Å². The van der Waals surface area contributed by atoms with Gasteiger partial charge in [-0.2, -0.15) is 0 Å².